The Bertz CT molecular complexity index is 360. The molecule has 17 heavy (non-hydrogen) atoms. The summed E-state index contributed by atoms with van der Waals surface area (Å²) in [6, 6.07) is 1.26. The second-order valence-electron chi connectivity index (χ2n) is 5.21. The van der Waals surface area contributed by atoms with Gasteiger partial charge in [-0.1, -0.05) is 6.92 Å². The second kappa shape index (κ2) is 5.19. The molecule has 0 saturated carbocycles. The molecular weight excluding hydrogens is 212 g/mol. The number of likely N-dealkylation sites (tertiary alicyclic amines) is 1. The third-order valence-electron chi connectivity index (χ3n) is 4.34. The molecule has 1 aliphatic heterocycles. The Morgan fingerprint density at radius 1 is 1.47 bits per heavy atom. The fourth-order valence-corrected chi connectivity index (χ4v) is 2.80. The summed E-state index contributed by atoms with van der Waals surface area (Å²) in [6.45, 7) is 6.79. The maximum absolute atomic E-state index is 4.41. The number of nitrogens with zero attached hydrogens (tertiary/aromatic N) is 3. The van der Waals surface area contributed by atoms with E-state index >= 15 is 0 Å². The molecular formula is C13H24N4. The van der Waals surface area contributed by atoms with E-state index in [-0.39, 0.29) is 0 Å². The normalized spacial score (nSPS) is 30.7. The first kappa shape index (κ1) is 12.6. The molecule has 2 heterocycles. The molecule has 96 valence electrons. The number of rotatable bonds is 3. The van der Waals surface area contributed by atoms with E-state index in [1.165, 1.54) is 6.42 Å². The highest BCUT2D eigenvalue weighted by atomic mass is 15.2. The van der Waals surface area contributed by atoms with Crippen LogP contribution in [0.5, 0.6) is 0 Å². The Morgan fingerprint density at radius 3 is 2.82 bits per heavy atom. The van der Waals surface area contributed by atoms with Gasteiger partial charge < -0.3 is 9.88 Å². The van der Waals surface area contributed by atoms with E-state index in [2.05, 4.69) is 47.7 Å². The monoisotopic (exact) mass is 236 g/mol. The lowest BCUT2D eigenvalue weighted by atomic mass is 9.87. The van der Waals surface area contributed by atoms with E-state index in [1.54, 1.807) is 0 Å². The van der Waals surface area contributed by atoms with Gasteiger partial charge in [-0.15, -0.1) is 0 Å². The fraction of sp³-hybridized carbons (Fsp3) is 0.769. The van der Waals surface area contributed by atoms with Crippen LogP contribution >= 0.6 is 0 Å². The number of piperidine rings is 1. The minimum absolute atomic E-state index is 0.609. The van der Waals surface area contributed by atoms with Crippen LogP contribution in [0.1, 0.15) is 26.1 Å². The zero-order valence-electron chi connectivity index (χ0n) is 11.3. The summed E-state index contributed by atoms with van der Waals surface area (Å²) in [5.41, 5.74) is 0. The van der Waals surface area contributed by atoms with E-state index in [0.717, 1.165) is 18.9 Å². The summed E-state index contributed by atoms with van der Waals surface area (Å²) < 4.78 is 2.11. The Hall–Kier alpha value is -0.870. The summed E-state index contributed by atoms with van der Waals surface area (Å²) >= 11 is 0. The number of imidazole rings is 1. The van der Waals surface area contributed by atoms with Crippen LogP contribution in [-0.4, -0.2) is 40.1 Å². The molecule has 1 fully saturated rings. The van der Waals surface area contributed by atoms with Crippen molar-refractivity contribution in [2.75, 3.05) is 13.6 Å². The predicted octanol–water partition coefficient (Wildman–Crippen LogP) is 1.24. The average molecular weight is 236 g/mol. The molecule has 0 bridgehead atoms. The standard InChI is InChI=1S/C13H24N4/c1-10-11(2)17(7-5-12(10)14-3)9-13-15-6-8-16(13)4/h6,8,10-12,14H,5,7,9H2,1-4H3. The number of aryl methyl sites for hydroxylation is 1. The molecule has 2 rings (SSSR count). The summed E-state index contributed by atoms with van der Waals surface area (Å²) in [4.78, 5) is 6.96. The number of aromatic nitrogens is 2. The van der Waals surface area contributed by atoms with Crippen molar-refractivity contribution in [2.45, 2.75) is 38.9 Å². The number of hydrogen-bond acceptors (Lipinski definition) is 3. The highest BCUT2D eigenvalue weighted by Gasteiger charge is 2.31. The molecule has 3 atom stereocenters. The van der Waals surface area contributed by atoms with Crippen LogP contribution in [0.3, 0.4) is 0 Å². The second-order valence-corrected chi connectivity index (χ2v) is 5.21. The van der Waals surface area contributed by atoms with Gasteiger partial charge in [-0.2, -0.15) is 0 Å². The van der Waals surface area contributed by atoms with E-state index in [4.69, 9.17) is 0 Å². The third kappa shape index (κ3) is 2.53. The first-order chi connectivity index (χ1) is 8.13. The van der Waals surface area contributed by atoms with Crippen LogP contribution in [0, 0.1) is 5.92 Å². The molecule has 1 N–H and O–H groups in total. The molecule has 1 aromatic rings. The SMILES string of the molecule is CNC1CCN(Cc2nccn2C)C(C)C1C. The van der Waals surface area contributed by atoms with Crippen LogP contribution in [0.15, 0.2) is 12.4 Å². The van der Waals surface area contributed by atoms with Gasteiger partial charge in [0.05, 0.1) is 6.54 Å². The van der Waals surface area contributed by atoms with Crippen LogP contribution in [0.2, 0.25) is 0 Å². The van der Waals surface area contributed by atoms with Crippen LogP contribution in [0.25, 0.3) is 0 Å². The Balaban J connectivity index is 2.01. The van der Waals surface area contributed by atoms with Crippen molar-refractivity contribution in [1.82, 2.24) is 19.8 Å². The van der Waals surface area contributed by atoms with Gasteiger partial charge in [-0.3, -0.25) is 4.90 Å². The molecule has 1 saturated heterocycles. The molecule has 0 radical (unpaired) electrons. The highest BCUT2D eigenvalue weighted by molar-refractivity contribution is 4.95. The summed E-state index contributed by atoms with van der Waals surface area (Å²) in [5, 5.41) is 3.43. The van der Waals surface area contributed by atoms with E-state index in [1.807, 2.05) is 12.4 Å². The van der Waals surface area contributed by atoms with Crippen molar-refractivity contribution in [1.29, 1.82) is 0 Å². The average Bonchev–Trinajstić information content (AvgIpc) is 2.71. The molecule has 3 unspecified atom stereocenters. The minimum atomic E-state index is 0.609. The van der Waals surface area contributed by atoms with Crippen LogP contribution in [0.4, 0.5) is 0 Å². The zero-order valence-corrected chi connectivity index (χ0v) is 11.3. The molecule has 4 nitrogen and oxygen atoms in total. The molecule has 0 aromatic carbocycles. The summed E-state index contributed by atoms with van der Waals surface area (Å²) in [5.74, 6) is 1.85. The zero-order chi connectivity index (χ0) is 12.4. The van der Waals surface area contributed by atoms with Crippen LogP contribution < -0.4 is 5.32 Å². The van der Waals surface area contributed by atoms with Crippen molar-refractivity contribution >= 4 is 0 Å². The highest BCUT2D eigenvalue weighted by Crippen LogP contribution is 2.24. The maximum atomic E-state index is 4.41. The van der Waals surface area contributed by atoms with E-state index in [9.17, 15) is 0 Å². The predicted molar refractivity (Wildman–Crippen MR) is 69.7 cm³/mol. The first-order valence-corrected chi connectivity index (χ1v) is 6.51. The number of nitrogens with one attached hydrogen (secondary N) is 1. The Labute approximate surface area is 104 Å². The summed E-state index contributed by atoms with van der Waals surface area (Å²) in [7, 11) is 4.14. The van der Waals surface area contributed by atoms with Gasteiger partial charge in [-0.25, -0.2) is 4.98 Å². The molecule has 0 spiro atoms. The van der Waals surface area contributed by atoms with E-state index in [0.29, 0.717) is 18.0 Å². The summed E-state index contributed by atoms with van der Waals surface area (Å²) in [6.07, 6.45) is 5.12. The largest absolute Gasteiger partial charge is 0.337 e. The van der Waals surface area contributed by atoms with Gasteiger partial charge in [0.1, 0.15) is 5.82 Å². The first-order valence-electron chi connectivity index (χ1n) is 6.51. The van der Waals surface area contributed by atoms with Crippen molar-refractivity contribution in [3.8, 4) is 0 Å². The van der Waals surface area contributed by atoms with Gasteiger partial charge in [-0.05, 0) is 26.3 Å². The molecule has 4 heteroatoms. The van der Waals surface area contributed by atoms with Crippen LogP contribution in [-0.2, 0) is 13.6 Å². The van der Waals surface area contributed by atoms with Gasteiger partial charge in [0.25, 0.3) is 0 Å². The maximum Gasteiger partial charge on any atom is 0.122 e. The van der Waals surface area contributed by atoms with Crippen molar-refractivity contribution in [2.24, 2.45) is 13.0 Å². The quantitative estimate of drug-likeness (QED) is 0.857. The lowest BCUT2D eigenvalue weighted by Gasteiger charge is -2.42. The fourth-order valence-electron chi connectivity index (χ4n) is 2.80. The lowest BCUT2D eigenvalue weighted by Crippen LogP contribution is -2.52. The van der Waals surface area contributed by atoms with Crippen molar-refractivity contribution in [3.63, 3.8) is 0 Å². The Morgan fingerprint density at radius 2 is 2.24 bits per heavy atom. The van der Waals surface area contributed by atoms with Gasteiger partial charge >= 0.3 is 0 Å². The topological polar surface area (TPSA) is 33.1 Å². The van der Waals surface area contributed by atoms with E-state index < -0.39 is 0 Å². The lowest BCUT2D eigenvalue weighted by molar-refractivity contribution is 0.0780. The Kier molecular flexibility index (Phi) is 3.84. The van der Waals surface area contributed by atoms with Crippen molar-refractivity contribution < 1.29 is 0 Å². The molecule has 0 aliphatic carbocycles. The smallest absolute Gasteiger partial charge is 0.122 e. The minimum Gasteiger partial charge on any atom is -0.337 e. The van der Waals surface area contributed by atoms with Gasteiger partial charge in [0, 0.05) is 38.1 Å². The molecule has 1 aromatic heterocycles. The molecule has 0 amide bonds. The number of hydrogen-bond donors (Lipinski definition) is 1. The molecule has 1 aliphatic rings. The van der Waals surface area contributed by atoms with Gasteiger partial charge in [0.15, 0.2) is 0 Å². The van der Waals surface area contributed by atoms with Crippen molar-refractivity contribution in [3.05, 3.63) is 18.2 Å². The third-order valence-corrected chi connectivity index (χ3v) is 4.34. The van der Waals surface area contributed by atoms with Gasteiger partial charge in [0.2, 0.25) is 0 Å².